The summed E-state index contributed by atoms with van der Waals surface area (Å²) in [5.41, 5.74) is 3.65. The molecule has 6 nitrogen and oxygen atoms in total. The van der Waals surface area contributed by atoms with Crippen molar-refractivity contribution in [3.63, 3.8) is 0 Å². The number of hydrogen-bond donors (Lipinski definition) is 0. The molecule has 152 valence electrons. The van der Waals surface area contributed by atoms with Crippen LogP contribution in [-0.2, 0) is 11.1 Å². The number of nitrogens with zero attached hydrogens (tertiary/aromatic N) is 5. The van der Waals surface area contributed by atoms with Gasteiger partial charge in [-0.1, -0.05) is 0 Å². The summed E-state index contributed by atoms with van der Waals surface area (Å²) in [6.45, 7) is 20.3. The highest BCUT2D eigenvalue weighted by Gasteiger charge is 2.17. The number of hydrogen-bond acceptors (Lipinski definition) is 4. The Hall–Kier alpha value is -2.50. The molecule has 3 rings (SSSR count). The first kappa shape index (κ1) is 21.8. The minimum atomic E-state index is -0.192. The molecule has 0 unspecified atom stereocenters. The van der Waals surface area contributed by atoms with Gasteiger partial charge in [0.1, 0.15) is 11.5 Å². The molecule has 0 fully saturated rings. The minimum Gasteiger partial charge on any atom is -0.327 e. The van der Waals surface area contributed by atoms with Gasteiger partial charge < -0.3 is 4.57 Å². The lowest BCUT2D eigenvalue weighted by molar-refractivity contribution is 0.375. The third kappa shape index (κ3) is 4.66. The van der Waals surface area contributed by atoms with Gasteiger partial charge >= 0.3 is 5.69 Å². The van der Waals surface area contributed by atoms with E-state index in [2.05, 4.69) is 52.6 Å². The third-order valence-corrected chi connectivity index (χ3v) is 4.65. The van der Waals surface area contributed by atoms with Gasteiger partial charge in [0.05, 0.1) is 5.69 Å². The Kier molecular flexibility index (Phi) is 5.83. The van der Waals surface area contributed by atoms with Crippen LogP contribution in [0.15, 0.2) is 23.3 Å². The number of aromatic nitrogens is 5. The topological polar surface area (TPSA) is 65.6 Å². The maximum Gasteiger partial charge on any atom is 0.348 e. The van der Waals surface area contributed by atoms with Crippen LogP contribution in [0.4, 0.5) is 0 Å². The van der Waals surface area contributed by atoms with Crippen LogP contribution in [-0.4, -0.2) is 24.1 Å². The monoisotopic (exact) mass is 383 g/mol. The maximum absolute atomic E-state index is 11.5. The molecular formula is C22H33N5O. The lowest BCUT2D eigenvalue weighted by Crippen LogP contribution is -2.35. The molecule has 3 heterocycles. The predicted octanol–water partition coefficient (Wildman–Crippen LogP) is 4.42. The van der Waals surface area contributed by atoms with Crippen LogP contribution in [0.2, 0.25) is 0 Å². The highest BCUT2D eigenvalue weighted by atomic mass is 16.1. The largest absolute Gasteiger partial charge is 0.348 e. The second-order valence-corrected chi connectivity index (χ2v) is 9.28. The second kappa shape index (κ2) is 7.49. The number of rotatable bonds is 0. The van der Waals surface area contributed by atoms with Gasteiger partial charge in [-0.25, -0.2) is 14.8 Å². The molecule has 0 saturated heterocycles. The van der Waals surface area contributed by atoms with Gasteiger partial charge in [0.2, 0.25) is 0 Å². The van der Waals surface area contributed by atoms with E-state index in [4.69, 9.17) is 0 Å². The fraction of sp³-hybridized carbons (Fsp3) is 0.545. The van der Waals surface area contributed by atoms with E-state index in [1.54, 1.807) is 4.57 Å². The molecule has 6 heteroatoms. The van der Waals surface area contributed by atoms with E-state index in [-0.39, 0.29) is 16.8 Å². The second-order valence-electron chi connectivity index (χ2n) is 9.28. The van der Waals surface area contributed by atoms with Crippen molar-refractivity contribution in [2.45, 2.75) is 80.3 Å². The van der Waals surface area contributed by atoms with Crippen LogP contribution >= 0.6 is 0 Å². The summed E-state index contributed by atoms with van der Waals surface area (Å²) < 4.78 is 3.86. The van der Waals surface area contributed by atoms with Crippen LogP contribution < -0.4 is 5.69 Å². The lowest BCUT2D eigenvalue weighted by atomic mass is 10.1. The molecule has 0 atom stereocenters. The third-order valence-electron chi connectivity index (χ3n) is 4.65. The molecular weight excluding hydrogens is 350 g/mol. The van der Waals surface area contributed by atoms with Crippen molar-refractivity contribution in [1.29, 1.82) is 0 Å². The Morgan fingerprint density at radius 3 is 1.89 bits per heavy atom. The zero-order chi connectivity index (χ0) is 21.4. The zero-order valence-corrected chi connectivity index (χ0v) is 18.9. The predicted molar refractivity (Wildman–Crippen MR) is 115 cm³/mol. The first-order chi connectivity index (χ1) is 12.7. The fourth-order valence-electron chi connectivity index (χ4n) is 2.95. The van der Waals surface area contributed by atoms with Gasteiger partial charge in [0.15, 0.2) is 0 Å². The van der Waals surface area contributed by atoms with Crippen molar-refractivity contribution in [2.75, 3.05) is 0 Å². The molecule has 0 amide bonds. The fourth-order valence-corrected chi connectivity index (χ4v) is 2.95. The van der Waals surface area contributed by atoms with Crippen molar-refractivity contribution in [2.24, 2.45) is 0 Å². The average molecular weight is 384 g/mol. The Balaban J connectivity index is 0.000000203. The van der Waals surface area contributed by atoms with E-state index in [9.17, 15) is 4.79 Å². The summed E-state index contributed by atoms with van der Waals surface area (Å²) >= 11 is 0. The first-order valence-electron chi connectivity index (χ1n) is 9.62. The maximum atomic E-state index is 11.5. The molecule has 28 heavy (non-hydrogen) atoms. The standard InChI is InChI=1S/C12H17N3.C10H16N2O/c1-8-10-6-7-15(12(3,4)5)11(10)14-9(2)13-8;1-7-6-12(10(3,4)5)9(13)11-8(7)2/h6-7H,1-5H3;6H,1-5H3. The van der Waals surface area contributed by atoms with Gasteiger partial charge in [-0.2, -0.15) is 4.98 Å². The highest BCUT2D eigenvalue weighted by molar-refractivity contribution is 5.78. The molecule has 0 saturated carbocycles. The van der Waals surface area contributed by atoms with Crippen molar-refractivity contribution in [3.8, 4) is 0 Å². The van der Waals surface area contributed by atoms with Gasteiger partial charge in [0.25, 0.3) is 0 Å². The normalized spacial score (nSPS) is 12.1. The molecule has 0 radical (unpaired) electrons. The Morgan fingerprint density at radius 1 is 0.786 bits per heavy atom. The van der Waals surface area contributed by atoms with Crippen LogP contribution in [0.1, 0.15) is 64.3 Å². The van der Waals surface area contributed by atoms with Crippen LogP contribution in [0.3, 0.4) is 0 Å². The Labute approximate surface area is 167 Å². The lowest BCUT2D eigenvalue weighted by Gasteiger charge is -2.22. The highest BCUT2D eigenvalue weighted by Crippen LogP contribution is 2.23. The summed E-state index contributed by atoms with van der Waals surface area (Å²) in [5.74, 6) is 0.837. The summed E-state index contributed by atoms with van der Waals surface area (Å²) in [6.07, 6.45) is 3.95. The van der Waals surface area contributed by atoms with Crippen LogP contribution in [0.5, 0.6) is 0 Å². The molecule has 0 aliphatic heterocycles. The number of aryl methyl sites for hydroxylation is 4. The summed E-state index contributed by atoms with van der Waals surface area (Å²) in [4.78, 5) is 24.3. The molecule has 0 bridgehead atoms. The van der Waals surface area contributed by atoms with E-state index in [0.29, 0.717) is 0 Å². The van der Waals surface area contributed by atoms with Crippen LogP contribution in [0.25, 0.3) is 11.0 Å². The van der Waals surface area contributed by atoms with Gasteiger partial charge in [-0.3, -0.25) is 4.57 Å². The van der Waals surface area contributed by atoms with Gasteiger partial charge in [0, 0.05) is 34.6 Å². The van der Waals surface area contributed by atoms with Crippen molar-refractivity contribution in [3.05, 3.63) is 51.7 Å². The van der Waals surface area contributed by atoms with E-state index < -0.39 is 0 Å². The zero-order valence-electron chi connectivity index (χ0n) is 18.9. The molecule has 3 aromatic rings. The van der Waals surface area contributed by atoms with E-state index in [1.807, 2.05) is 54.7 Å². The minimum absolute atomic E-state index is 0.0645. The van der Waals surface area contributed by atoms with E-state index >= 15 is 0 Å². The summed E-state index contributed by atoms with van der Waals surface area (Å²) in [6, 6.07) is 2.09. The van der Waals surface area contributed by atoms with Gasteiger partial charge in [-0.15, -0.1) is 0 Å². The van der Waals surface area contributed by atoms with Crippen molar-refractivity contribution < 1.29 is 0 Å². The van der Waals surface area contributed by atoms with E-state index in [1.165, 1.54) is 0 Å². The molecule has 0 aromatic carbocycles. The van der Waals surface area contributed by atoms with Gasteiger partial charge in [-0.05, 0) is 80.9 Å². The molecule has 0 spiro atoms. The van der Waals surface area contributed by atoms with Crippen molar-refractivity contribution in [1.82, 2.24) is 24.1 Å². The van der Waals surface area contributed by atoms with E-state index in [0.717, 1.165) is 33.8 Å². The number of fused-ring (bicyclic) bond motifs is 1. The molecule has 0 aliphatic carbocycles. The summed E-state index contributed by atoms with van der Waals surface area (Å²) in [7, 11) is 0. The SMILES string of the molecule is Cc1cn(C(C)(C)C)c(=O)nc1C.Cc1nc(C)c2ccn(C(C)(C)C)c2n1. The quantitative estimate of drug-likeness (QED) is 0.576. The smallest absolute Gasteiger partial charge is 0.327 e. The van der Waals surface area contributed by atoms with Crippen LogP contribution in [0, 0.1) is 27.7 Å². The average Bonchev–Trinajstić information content (AvgIpc) is 2.94. The Bertz CT molecular complexity index is 1050. The van der Waals surface area contributed by atoms with Crippen molar-refractivity contribution >= 4 is 11.0 Å². The Morgan fingerprint density at radius 2 is 1.36 bits per heavy atom. The molecule has 0 aliphatic rings. The summed E-state index contributed by atoms with van der Waals surface area (Å²) in [5, 5.41) is 1.15. The molecule has 0 N–H and O–H groups in total. The molecule has 3 aromatic heterocycles. The first-order valence-corrected chi connectivity index (χ1v) is 9.62.